The molecule has 0 spiro atoms. The Morgan fingerprint density at radius 3 is 2.25 bits per heavy atom. The number of carbonyl (C=O) groups is 2. The van der Waals surface area contributed by atoms with Crippen molar-refractivity contribution >= 4 is 40.7 Å². The Labute approximate surface area is 220 Å². The van der Waals surface area contributed by atoms with Gasteiger partial charge in [-0.2, -0.15) is 0 Å². The van der Waals surface area contributed by atoms with E-state index in [-0.39, 0.29) is 22.8 Å². The summed E-state index contributed by atoms with van der Waals surface area (Å²) in [5.41, 5.74) is 1.54. The normalized spacial score (nSPS) is 15.9. The van der Waals surface area contributed by atoms with E-state index in [0.29, 0.717) is 42.2 Å². The van der Waals surface area contributed by atoms with Crippen LogP contribution >= 0.6 is 23.2 Å². The summed E-state index contributed by atoms with van der Waals surface area (Å²) in [6.45, 7) is 2.57. The van der Waals surface area contributed by atoms with E-state index < -0.39 is 18.0 Å². The Morgan fingerprint density at radius 1 is 1.00 bits per heavy atom. The molecule has 2 unspecified atom stereocenters. The number of nitrogens with zero attached hydrogens (tertiary/aromatic N) is 2. The first-order chi connectivity index (χ1) is 17.3. The number of benzene rings is 3. The molecule has 0 aromatic heterocycles. The van der Waals surface area contributed by atoms with Crippen LogP contribution in [-0.4, -0.2) is 41.0 Å². The molecule has 8 heteroatoms. The second-order valence-electron chi connectivity index (χ2n) is 8.97. The van der Waals surface area contributed by atoms with E-state index in [2.05, 4.69) is 0 Å². The van der Waals surface area contributed by atoms with Crippen LogP contribution in [-0.2, 0) is 4.79 Å². The number of likely N-dealkylation sites (tertiary alicyclic amines) is 1. The Balaban J connectivity index is 1.51. The Bertz CT molecular complexity index is 1220. The number of halogens is 3. The number of anilines is 1. The molecule has 3 aromatic carbocycles. The molecule has 1 fully saturated rings. The molecule has 1 heterocycles. The molecular weight excluding hydrogens is 502 g/mol. The predicted molar refractivity (Wildman–Crippen MR) is 140 cm³/mol. The van der Waals surface area contributed by atoms with Crippen LogP contribution in [0.3, 0.4) is 0 Å². The molecule has 0 bridgehead atoms. The van der Waals surface area contributed by atoms with Crippen LogP contribution in [0, 0.1) is 11.7 Å². The lowest BCUT2D eigenvalue weighted by molar-refractivity contribution is -0.134. The van der Waals surface area contributed by atoms with Crippen molar-refractivity contribution < 1.29 is 19.1 Å². The summed E-state index contributed by atoms with van der Waals surface area (Å²) in [6, 6.07) is 18.9. The van der Waals surface area contributed by atoms with Crippen molar-refractivity contribution in [2.24, 2.45) is 5.92 Å². The van der Waals surface area contributed by atoms with Gasteiger partial charge in [-0.3, -0.25) is 14.5 Å². The van der Waals surface area contributed by atoms with Crippen LogP contribution in [0.25, 0.3) is 0 Å². The van der Waals surface area contributed by atoms with Crippen LogP contribution in [0.4, 0.5) is 10.1 Å². The van der Waals surface area contributed by atoms with Gasteiger partial charge in [-0.05, 0) is 73.7 Å². The number of amides is 2. The number of carbonyl (C=O) groups excluding carboxylic acids is 2. The van der Waals surface area contributed by atoms with Gasteiger partial charge in [0.1, 0.15) is 11.9 Å². The molecule has 0 saturated carbocycles. The minimum atomic E-state index is -0.850. The van der Waals surface area contributed by atoms with E-state index in [1.54, 1.807) is 54.3 Å². The maximum absolute atomic E-state index is 13.8. The van der Waals surface area contributed by atoms with E-state index in [9.17, 15) is 19.1 Å². The molecule has 2 amide bonds. The SMILES string of the molecule is CC(C(=O)N1CCC(C(O)c2ccc(Cl)cc2)CC1)N(C(=O)c1ccccc1)c1ccc(F)c(Cl)c1. The number of rotatable bonds is 6. The second kappa shape index (κ2) is 11.4. The van der Waals surface area contributed by atoms with Gasteiger partial charge in [0.05, 0.1) is 11.1 Å². The number of hydrogen-bond acceptors (Lipinski definition) is 3. The molecule has 4 rings (SSSR count). The maximum atomic E-state index is 13.8. The second-order valence-corrected chi connectivity index (χ2v) is 9.82. The molecule has 1 N–H and O–H groups in total. The highest BCUT2D eigenvalue weighted by Gasteiger charge is 2.34. The van der Waals surface area contributed by atoms with Gasteiger partial charge in [0.25, 0.3) is 5.91 Å². The molecule has 1 aliphatic heterocycles. The van der Waals surface area contributed by atoms with Crippen LogP contribution in [0.1, 0.15) is 41.8 Å². The highest BCUT2D eigenvalue weighted by Crippen LogP contribution is 2.32. The Morgan fingerprint density at radius 2 is 1.64 bits per heavy atom. The van der Waals surface area contributed by atoms with E-state index in [1.165, 1.54) is 23.1 Å². The first-order valence-electron chi connectivity index (χ1n) is 11.8. The van der Waals surface area contributed by atoms with Gasteiger partial charge in [-0.1, -0.05) is 53.5 Å². The number of hydrogen-bond donors (Lipinski definition) is 1. The van der Waals surface area contributed by atoms with Crippen molar-refractivity contribution in [3.8, 4) is 0 Å². The summed E-state index contributed by atoms with van der Waals surface area (Å²) in [6.07, 6.45) is 0.601. The van der Waals surface area contributed by atoms with Gasteiger partial charge in [0, 0.05) is 29.4 Å². The molecular formula is C28H27Cl2FN2O3. The van der Waals surface area contributed by atoms with E-state index in [1.807, 2.05) is 12.1 Å². The summed E-state index contributed by atoms with van der Waals surface area (Å²) in [5.74, 6) is -1.21. The minimum absolute atomic E-state index is 0.00323. The van der Waals surface area contributed by atoms with Crippen molar-refractivity contribution in [1.82, 2.24) is 4.90 Å². The average Bonchev–Trinajstić information content (AvgIpc) is 2.91. The number of piperidine rings is 1. The first kappa shape index (κ1) is 26.1. The van der Waals surface area contributed by atoms with Crippen molar-refractivity contribution in [1.29, 1.82) is 0 Å². The van der Waals surface area contributed by atoms with Gasteiger partial charge in [-0.15, -0.1) is 0 Å². The smallest absolute Gasteiger partial charge is 0.259 e. The minimum Gasteiger partial charge on any atom is -0.388 e. The van der Waals surface area contributed by atoms with Crippen molar-refractivity contribution in [2.45, 2.75) is 31.9 Å². The quantitative estimate of drug-likeness (QED) is 0.418. The average molecular weight is 529 g/mol. The van der Waals surface area contributed by atoms with Gasteiger partial charge >= 0.3 is 0 Å². The monoisotopic (exact) mass is 528 g/mol. The fraction of sp³-hybridized carbons (Fsp3) is 0.286. The summed E-state index contributed by atoms with van der Waals surface area (Å²) in [5, 5.41) is 11.3. The maximum Gasteiger partial charge on any atom is 0.259 e. The molecule has 0 aliphatic carbocycles. The summed E-state index contributed by atoms with van der Waals surface area (Å²) in [4.78, 5) is 30.1. The van der Waals surface area contributed by atoms with Crippen molar-refractivity contribution in [2.75, 3.05) is 18.0 Å². The van der Waals surface area contributed by atoms with Crippen LogP contribution in [0.15, 0.2) is 72.8 Å². The summed E-state index contributed by atoms with van der Waals surface area (Å²) in [7, 11) is 0. The number of aliphatic hydroxyl groups excluding tert-OH is 1. The zero-order valence-corrected chi connectivity index (χ0v) is 21.3. The lowest BCUT2D eigenvalue weighted by Gasteiger charge is -2.38. The van der Waals surface area contributed by atoms with Crippen LogP contribution in [0.2, 0.25) is 10.0 Å². The largest absolute Gasteiger partial charge is 0.388 e. The first-order valence-corrected chi connectivity index (χ1v) is 12.6. The lowest BCUT2D eigenvalue weighted by Crippen LogP contribution is -2.52. The third-order valence-electron chi connectivity index (χ3n) is 6.67. The Hall–Kier alpha value is -2.93. The third kappa shape index (κ3) is 5.72. The standard InChI is InChI=1S/C28H27Cl2FN2O3/c1-18(27(35)32-15-13-20(14-16-32)26(34)19-7-9-22(29)10-8-19)33(23-11-12-25(31)24(30)17-23)28(36)21-5-3-2-4-6-21/h2-12,17-18,20,26,34H,13-16H2,1H3. The fourth-order valence-corrected chi connectivity index (χ4v) is 4.91. The highest BCUT2D eigenvalue weighted by molar-refractivity contribution is 6.31. The van der Waals surface area contributed by atoms with E-state index >= 15 is 0 Å². The van der Waals surface area contributed by atoms with Gasteiger partial charge < -0.3 is 10.0 Å². The molecule has 1 saturated heterocycles. The van der Waals surface area contributed by atoms with Gasteiger partial charge in [0.15, 0.2) is 0 Å². The lowest BCUT2D eigenvalue weighted by atomic mass is 9.87. The summed E-state index contributed by atoms with van der Waals surface area (Å²) < 4.78 is 13.8. The third-order valence-corrected chi connectivity index (χ3v) is 7.22. The zero-order valence-electron chi connectivity index (χ0n) is 19.8. The highest BCUT2D eigenvalue weighted by atomic mass is 35.5. The fourth-order valence-electron chi connectivity index (χ4n) is 4.61. The van der Waals surface area contributed by atoms with E-state index in [0.717, 1.165) is 5.56 Å². The van der Waals surface area contributed by atoms with Crippen molar-refractivity contribution in [3.05, 3.63) is 99.8 Å². The summed E-state index contributed by atoms with van der Waals surface area (Å²) >= 11 is 12.0. The predicted octanol–water partition coefficient (Wildman–Crippen LogP) is 6.14. The molecule has 188 valence electrons. The van der Waals surface area contributed by atoms with E-state index in [4.69, 9.17) is 23.2 Å². The van der Waals surface area contributed by atoms with Crippen LogP contribution < -0.4 is 4.90 Å². The van der Waals surface area contributed by atoms with Gasteiger partial charge in [0.2, 0.25) is 5.91 Å². The van der Waals surface area contributed by atoms with Crippen molar-refractivity contribution in [3.63, 3.8) is 0 Å². The topological polar surface area (TPSA) is 60.9 Å². The zero-order chi connectivity index (χ0) is 25.8. The molecule has 3 aromatic rings. The Kier molecular flexibility index (Phi) is 8.29. The molecule has 2 atom stereocenters. The van der Waals surface area contributed by atoms with Crippen LogP contribution in [0.5, 0.6) is 0 Å². The molecule has 0 radical (unpaired) electrons. The van der Waals surface area contributed by atoms with Gasteiger partial charge in [-0.25, -0.2) is 4.39 Å². The molecule has 5 nitrogen and oxygen atoms in total. The molecule has 1 aliphatic rings. The number of aliphatic hydroxyl groups is 1. The molecule has 36 heavy (non-hydrogen) atoms.